The molecule has 1 atom stereocenters. The van der Waals surface area contributed by atoms with Gasteiger partial charge in [0, 0.05) is 50.9 Å². The van der Waals surface area contributed by atoms with Gasteiger partial charge in [0.05, 0.1) is 17.9 Å². The van der Waals surface area contributed by atoms with Gasteiger partial charge in [-0.1, -0.05) is 30.3 Å². The highest BCUT2D eigenvalue weighted by atomic mass is 32.2. The number of piperidine rings is 1. The van der Waals surface area contributed by atoms with E-state index < -0.39 is 10.0 Å². The fraction of sp³-hybridized carbons (Fsp3) is 0.476. The number of carbonyl (C=O) groups excluding carboxylic acids is 1. The Kier molecular flexibility index (Phi) is 6.01. The minimum Gasteiger partial charge on any atom is -0.356 e. The molecule has 0 N–H and O–H groups in total. The van der Waals surface area contributed by atoms with Crippen molar-refractivity contribution < 1.29 is 13.2 Å². The number of piperazine rings is 1. The number of benzene rings is 1. The van der Waals surface area contributed by atoms with E-state index >= 15 is 0 Å². The molecule has 4 rings (SSSR count). The van der Waals surface area contributed by atoms with E-state index in [1.54, 1.807) is 6.33 Å². The van der Waals surface area contributed by atoms with Crippen molar-refractivity contribution in [2.24, 2.45) is 5.92 Å². The minimum absolute atomic E-state index is 0.0984. The maximum atomic E-state index is 13.1. The predicted molar refractivity (Wildman–Crippen MR) is 115 cm³/mol. The summed E-state index contributed by atoms with van der Waals surface area (Å²) in [5, 5.41) is 0. The lowest BCUT2D eigenvalue weighted by Gasteiger charge is -2.38. The zero-order valence-corrected chi connectivity index (χ0v) is 18.0. The fourth-order valence-electron chi connectivity index (χ4n) is 4.17. The molecule has 2 fully saturated rings. The molecule has 2 aromatic rings. The summed E-state index contributed by atoms with van der Waals surface area (Å²) in [6, 6.07) is 12.0. The highest BCUT2D eigenvalue weighted by molar-refractivity contribution is 7.88. The number of carbonyl (C=O) groups is 1. The first-order valence-corrected chi connectivity index (χ1v) is 12.1. The molecular weight excluding hydrogens is 402 g/mol. The van der Waals surface area contributed by atoms with Crippen LogP contribution in [0.2, 0.25) is 0 Å². The molecule has 2 aliphatic rings. The molecule has 160 valence electrons. The smallest absolute Gasteiger partial charge is 0.227 e. The number of nitrogens with zero attached hydrogens (tertiary/aromatic N) is 5. The number of rotatable bonds is 4. The van der Waals surface area contributed by atoms with Crippen molar-refractivity contribution in [1.29, 1.82) is 0 Å². The Labute approximate surface area is 177 Å². The summed E-state index contributed by atoms with van der Waals surface area (Å²) >= 11 is 0. The molecule has 8 nitrogen and oxygen atoms in total. The molecule has 3 heterocycles. The van der Waals surface area contributed by atoms with Gasteiger partial charge in [-0.15, -0.1) is 0 Å². The van der Waals surface area contributed by atoms with Gasteiger partial charge in [0.25, 0.3) is 0 Å². The van der Waals surface area contributed by atoms with Gasteiger partial charge in [-0.25, -0.2) is 18.4 Å². The van der Waals surface area contributed by atoms with E-state index in [0.29, 0.717) is 32.7 Å². The maximum absolute atomic E-state index is 13.1. The van der Waals surface area contributed by atoms with Crippen LogP contribution in [0.25, 0.3) is 11.3 Å². The van der Waals surface area contributed by atoms with E-state index in [1.165, 1.54) is 10.6 Å². The van der Waals surface area contributed by atoms with Crippen LogP contribution in [0.15, 0.2) is 42.7 Å². The second-order valence-corrected chi connectivity index (χ2v) is 9.88. The van der Waals surface area contributed by atoms with E-state index in [-0.39, 0.29) is 11.8 Å². The average molecular weight is 430 g/mol. The van der Waals surface area contributed by atoms with E-state index in [9.17, 15) is 13.2 Å². The normalized spacial score (nSPS) is 20.9. The Bertz CT molecular complexity index is 991. The Morgan fingerprint density at radius 2 is 1.77 bits per heavy atom. The molecule has 0 aliphatic carbocycles. The second kappa shape index (κ2) is 8.69. The van der Waals surface area contributed by atoms with Gasteiger partial charge in [-0.3, -0.25) is 4.79 Å². The maximum Gasteiger partial charge on any atom is 0.227 e. The highest BCUT2D eigenvalue weighted by Crippen LogP contribution is 2.26. The van der Waals surface area contributed by atoms with E-state index in [0.717, 1.165) is 36.5 Å². The first kappa shape index (κ1) is 20.7. The minimum atomic E-state index is -3.20. The number of aromatic nitrogens is 2. The predicted octanol–water partition coefficient (Wildman–Crippen LogP) is 1.46. The van der Waals surface area contributed by atoms with Crippen molar-refractivity contribution in [2.75, 3.05) is 50.4 Å². The molecule has 1 aromatic heterocycles. The Morgan fingerprint density at radius 1 is 1.03 bits per heavy atom. The first-order chi connectivity index (χ1) is 14.4. The number of hydrogen-bond donors (Lipinski definition) is 0. The van der Waals surface area contributed by atoms with Gasteiger partial charge in [0.15, 0.2) is 0 Å². The summed E-state index contributed by atoms with van der Waals surface area (Å²) in [6.07, 6.45) is 4.56. The van der Waals surface area contributed by atoms with Gasteiger partial charge in [0.2, 0.25) is 15.9 Å². The van der Waals surface area contributed by atoms with Crippen molar-refractivity contribution in [3.8, 4) is 11.3 Å². The lowest BCUT2D eigenvalue weighted by atomic mass is 9.96. The van der Waals surface area contributed by atoms with E-state index in [1.807, 2.05) is 41.3 Å². The average Bonchev–Trinajstić information content (AvgIpc) is 2.79. The lowest BCUT2D eigenvalue weighted by Crippen LogP contribution is -2.53. The van der Waals surface area contributed by atoms with Gasteiger partial charge in [-0.05, 0) is 12.8 Å². The zero-order chi connectivity index (χ0) is 21.1. The molecule has 2 saturated heterocycles. The topological polar surface area (TPSA) is 86.7 Å². The van der Waals surface area contributed by atoms with E-state index in [2.05, 4.69) is 14.9 Å². The van der Waals surface area contributed by atoms with Crippen molar-refractivity contribution >= 4 is 21.7 Å². The third-order valence-electron chi connectivity index (χ3n) is 5.84. The Hall–Kier alpha value is -2.52. The highest BCUT2D eigenvalue weighted by Gasteiger charge is 2.33. The van der Waals surface area contributed by atoms with Crippen LogP contribution in [0, 0.1) is 5.92 Å². The molecule has 30 heavy (non-hydrogen) atoms. The van der Waals surface area contributed by atoms with Crippen molar-refractivity contribution in [2.45, 2.75) is 12.8 Å². The number of anilines is 1. The molecule has 1 aromatic carbocycles. The zero-order valence-electron chi connectivity index (χ0n) is 17.1. The van der Waals surface area contributed by atoms with Crippen LogP contribution < -0.4 is 4.90 Å². The lowest BCUT2D eigenvalue weighted by molar-refractivity contribution is -0.137. The SMILES string of the molecule is CS(=O)(=O)N1CCN(C(=O)C2CCCN(c3cc(-c4ccccc4)ncn3)C2)CC1. The van der Waals surface area contributed by atoms with Crippen LogP contribution in [0.1, 0.15) is 12.8 Å². The van der Waals surface area contributed by atoms with Gasteiger partial charge >= 0.3 is 0 Å². The number of amides is 1. The van der Waals surface area contributed by atoms with Crippen LogP contribution in [0.5, 0.6) is 0 Å². The molecule has 0 radical (unpaired) electrons. The van der Waals surface area contributed by atoms with Crippen LogP contribution in [-0.4, -0.2) is 79.0 Å². The van der Waals surface area contributed by atoms with Crippen molar-refractivity contribution in [3.05, 3.63) is 42.7 Å². The van der Waals surface area contributed by atoms with Crippen LogP contribution in [-0.2, 0) is 14.8 Å². The second-order valence-electron chi connectivity index (χ2n) is 7.90. The molecule has 1 unspecified atom stereocenters. The van der Waals surface area contributed by atoms with Crippen LogP contribution >= 0.6 is 0 Å². The standard InChI is InChI=1S/C21H27N5O3S/c1-30(28,29)26-12-10-24(11-13-26)21(27)18-8-5-9-25(15-18)20-14-19(22-16-23-20)17-6-3-2-4-7-17/h2-4,6-7,14,16,18H,5,8-13,15H2,1H3. The van der Waals surface area contributed by atoms with Crippen LogP contribution in [0.3, 0.4) is 0 Å². The molecule has 1 amide bonds. The van der Waals surface area contributed by atoms with Gasteiger partial charge in [0.1, 0.15) is 12.1 Å². The summed E-state index contributed by atoms with van der Waals surface area (Å²) in [5.41, 5.74) is 1.90. The fourth-order valence-corrected chi connectivity index (χ4v) is 5.00. The third kappa shape index (κ3) is 4.62. The monoisotopic (exact) mass is 429 g/mol. The molecule has 9 heteroatoms. The van der Waals surface area contributed by atoms with Gasteiger partial charge < -0.3 is 9.80 Å². The summed E-state index contributed by atoms with van der Waals surface area (Å²) in [6.45, 7) is 3.12. The first-order valence-electron chi connectivity index (χ1n) is 10.3. The van der Waals surface area contributed by atoms with Gasteiger partial charge in [-0.2, -0.15) is 4.31 Å². The van der Waals surface area contributed by atoms with Crippen molar-refractivity contribution in [1.82, 2.24) is 19.2 Å². The molecule has 0 saturated carbocycles. The Morgan fingerprint density at radius 3 is 2.47 bits per heavy atom. The molecule has 2 aliphatic heterocycles. The summed E-state index contributed by atoms with van der Waals surface area (Å²) < 4.78 is 24.8. The van der Waals surface area contributed by atoms with E-state index in [4.69, 9.17) is 0 Å². The third-order valence-corrected chi connectivity index (χ3v) is 7.14. The van der Waals surface area contributed by atoms with Crippen molar-refractivity contribution in [3.63, 3.8) is 0 Å². The molecule has 0 bridgehead atoms. The molecular formula is C21H27N5O3S. The number of sulfonamides is 1. The quantitative estimate of drug-likeness (QED) is 0.731. The Balaban J connectivity index is 1.42. The van der Waals surface area contributed by atoms with Crippen LogP contribution in [0.4, 0.5) is 5.82 Å². The summed E-state index contributed by atoms with van der Waals surface area (Å²) in [7, 11) is -3.20. The largest absolute Gasteiger partial charge is 0.356 e. The molecule has 0 spiro atoms. The summed E-state index contributed by atoms with van der Waals surface area (Å²) in [4.78, 5) is 25.9. The summed E-state index contributed by atoms with van der Waals surface area (Å²) in [5.74, 6) is 0.854. The number of hydrogen-bond acceptors (Lipinski definition) is 6.